The highest BCUT2D eigenvalue weighted by Gasteiger charge is 2.33. The van der Waals surface area contributed by atoms with Crippen molar-refractivity contribution in [2.45, 2.75) is 0 Å². The predicted molar refractivity (Wildman–Crippen MR) is 82.0 cm³/mol. The van der Waals surface area contributed by atoms with Gasteiger partial charge in [-0.1, -0.05) is 32.4 Å². The van der Waals surface area contributed by atoms with E-state index in [2.05, 4.69) is 26.3 Å². The van der Waals surface area contributed by atoms with Crippen LogP contribution >= 0.6 is 0 Å². The van der Waals surface area contributed by atoms with Crippen LogP contribution < -0.4 is 0 Å². The summed E-state index contributed by atoms with van der Waals surface area (Å²) in [4.78, 5) is 22.4. The van der Waals surface area contributed by atoms with E-state index in [1.54, 1.807) is 0 Å². The van der Waals surface area contributed by atoms with Gasteiger partial charge in [0.05, 0.1) is 25.2 Å². The minimum absolute atomic E-state index is 0.00872. The molecule has 0 saturated carbocycles. The molecule has 0 aliphatic rings. The monoisotopic (exact) mass is 310 g/mol. The first-order valence-electron chi connectivity index (χ1n) is 6.50. The van der Waals surface area contributed by atoms with Crippen molar-refractivity contribution in [1.29, 1.82) is 0 Å². The summed E-state index contributed by atoms with van der Waals surface area (Å²) in [6.45, 7) is 13.2. The number of esters is 2. The molecule has 122 valence electrons. The maximum atomic E-state index is 11.2. The summed E-state index contributed by atoms with van der Waals surface area (Å²) in [6.07, 6.45) is 3.53. The Morgan fingerprint density at radius 3 is 1.82 bits per heavy atom. The van der Waals surface area contributed by atoms with Gasteiger partial charge < -0.3 is 19.3 Å². The second kappa shape index (κ2) is 10.5. The lowest BCUT2D eigenvalue weighted by atomic mass is 9.92. The first-order chi connectivity index (χ1) is 10.4. The molecule has 0 atom stereocenters. The maximum absolute atomic E-state index is 11.2. The van der Waals surface area contributed by atoms with Crippen LogP contribution in [0.5, 0.6) is 0 Å². The minimum atomic E-state index is -1.08. The quantitative estimate of drug-likeness (QED) is 0.331. The molecule has 0 heterocycles. The average Bonchev–Trinajstić information content (AvgIpc) is 2.55. The van der Waals surface area contributed by atoms with Gasteiger partial charge >= 0.3 is 11.9 Å². The molecular weight excluding hydrogens is 288 g/mol. The van der Waals surface area contributed by atoms with Crippen LogP contribution in [0.25, 0.3) is 0 Å². The Morgan fingerprint density at radius 2 is 1.45 bits per heavy atom. The van der Waals surface area contributed by atoms with Gasteiger partial charge in [0.2, 0.25) is 0 Å². The summed E-state index contributed by atoms with van der Waals surface area (Å²) >= 11 is 0. The van der Waals surface area contributed by atoms with Crippen molar-refractivity contribution in [3.05, 3.63) is 50.1 Å². The highest BCUT2D eigenvalue weighted by molar-refractivity contribution is 5.81. The normalized spacial score (nSPS) is 10.4. The van der Waals surface area contributed by atoms with E-state index in [9.17, 15) is 14.7 Å². The fraction of sp³-hybridized carbons (Fsp3) is 0.375. The zero-order valence-corrected chi connectivity index (χ0v) is 12.6. The third-order valence-corrected chi connectivity index (χ3v) is 2.69. The van der Waals surface area contributed by atoms with Crippen molar-refractivity contribution >= 4 is 11.9 Å². The third kappa shape index (κ3) is 7.56. The summed E-state index contributed by atoms with van der Waals surface area (Å²) in [7, 11) is 0. The zero-order valence-electron chi connectivity index (χ0n) is 12.6. The van der Waals surface area contributed by atoms with Crippen molar-refractivity contribution in [1.82, 2.24) is 0 Å². The van der Waals surface area contributed by atoms with Crippen molar-refractivity contribution < 1.29 is 28.9 Å². The summed E-state index contributed by atoms with van der Waals surface area (Å²) in [5.41, 5.74) is -0.434. The van der Waals surface area contributed by atoms with Crippen molar-refractivity contribution in [3.63, 3.8) is 0 Å². The van der Waals surface area contributed by atoms with Crippen LogP contribution in [0.2, 0.25) is 0 Å². The Balaban J connectivity index is 4.79. The molecule has 0 amide bonds. The van der Waals surface area contributed by atoms with Crippen LogP contribution in [0, 0.1) is 5.41 Å². The first kappa shape index (κ1) is 19.8. The van der Waals surface area contributed by atoms with Crippen molar-refractivity contribution in [2.24, 2.45) is 5.41 Å². The first-order valence-corrected chi connectivity index (χ1v) is 6.50. The van der Waals surface area contributed by atoms with Gasteiger partial charge in [-0.25, -0.2) is 9.59 Å². The van der Waals surface area contributed by atoms with Crippen LogP contribution in [0.1, 0.15) is 0 Å². The molecule has 6 heteroatoms. The van der Waals surface area contributed by atoms with E-state index in [0.29, 0.717) is 5.57 Å². The molecule has 1 N–H and O–H groups in total. The zero-order chi connectivity index (χ0) is 17.0. The highest BCUT2D eigenvalue weighted by atomic mass is 16.6. The Morgan fingerprint density at radius 1 is 0.955 bits per heavy atom. The highest BCUT2D eigenvalue weighted by Crippen LogP contribution is 2.20. The molecule has 0 spiro atoms. The lowest BCUT2D eigenvalue weighted by Crippen LogP contribution is -2.42. The number of carbonyl (C=O) groups excluding carboxylic acids is 2. The average molecular weight is 310 g/mol. The van der Waals surface area contributed by atoms with Gasteiger partial charge in [-0.15, -0.1) is 0 Å². The molecule has 22 heavy (non-hydrogen) atoms. The molecule has 0 rings (SSSR count). The van der Waals surface area contributed by atoms with Crippen LogP contribution in [-0.4, -0.2) is 50.1 Å². The lowest BCUT2D eigenvalue weighted by Gasteiger charge is -2.30. The molecule has 0 unspecified atom stereocenters. The molecule has 6 nitrogen and oxygen atoms in total. The number of hydrogen-bond donors (Lipinski definition) is 1. The molecule has 0 aliphatic heterocycles. The SMILES string of the molecule is C=CC(=C)COCC(CO)(COC(=O)C=C)COC(=O)C=C. The number of ether oxygens (including phenoxy) is 3. The largest absolute Gasteiger partial charge is 0.462 e. The Kier molecular flexibility index (Phi) is 9.49. The number of rotatable bonds is 12. The van der Waals surface area contributed by atoms with Gasteiger partial charge in [-0.3, -0.25) is 0 Å². The van der Waals surface area contributed by atoms with Crippen LogP contribution in [-0.2, 0) is 23.8 Å². The molecule has 0 bridgehead atoms. The van der Waals surface area contributed by atoms with Crippen molar-refractivity contribution in [3.8, 4) is 0 Å². The van der Waals surface area contributed by atoms with Gasteiger partial charge in [-0.05, 0) is 5.57 Å². The predicted octanol–water partition coefficient (Wildman–Crippen LogP) is 1.18. The van der Waals surface area contributed by atoms with Gasteiger partial charge in [0.1, 0.15) is 13.2 Å². The fourth-order valence-electron chi connectivity index (χ4n) is 1.29. The standard InChI is InChI=1S/C16H22O6/c1-5-13(4)8-20-10-16(9-17,11-21-14(18)6-2)12-22-15(19)7-3/h5-7,17H,1-4,8-12H2. The topological polar surface area (TPSA) is 82.1 Å². The molecule has 0 saturated heterocycles. The fourth-order valence-corrected chi connectivity index (χ4v) is 1.29. The Bertz CT molecular complexity index is 414. The van der Waals surface area contributed by atoms with Crippen LogP contribution in [0.15, 0.2) is 50.1 Å². The smallest absolute Gasteiger partial charge is 0.330 e. The molecule has 0 aromatic rings. The van der Waals surface area contributed by atoms with E-state index < -0.39 is 24.0 Å². The Labute approximate surface area is 130 Å². The third-order valence-electron chi connectivity index (χ3n) is 2.69. The van der Waals surface area contributed by atoms with E-state index in [1.807, 2.05) is 0 Å². The summed E-state index contributed by atoms with van der Waals surface area (Å²) < 4.78 is 15.3. The molecule has 0 aliphatic carbocycles. The van der Waals surface area contributed by atoms with Gasteiger partial charge in [-0.2, -0.15) is 0 Å². The number of hydrogen-bond acceptors (Lipinski definition) is 6. The summed E-state index contributed by atoms with van der Waals surface area (Å²) in [5, 5.41) is 9.61. The van der Waals surface area contributed by atoms with E-state index in [0.717, 1.165) is 12.2 Å². The summed E-state index contributed by atoms with van der Waals surface area (Å²) in [5.74, 6) is -1.30. The maximum Gasteiger partial charge on any atom is 0.330 e. The molecule has 0 radical (unpaired) electrons. The van der Waals surface area contributed by atoms with Gasteiger partial charge in [0, 0.05) is 12.2 Å². The minimum Gasteiger partial charge on any atom is -0.462 e. The second-order valence-electron chi connectivity index (χ2n) is 4.64. The molecule has 0 aromatic carbocycles. The van der Waals surface area contributed by atoms with E-state index in [1.165, 1.54) is 6.08 Å². The lowest BCUT2D eigenvalue weighted by molar-refractivity contribution is -0.154. The van der Waals surface area contributed by atoms with Gasteiger partial charge in [0.25, 0.3) is 0 Å². The van der Waals surface area contributed by atoms with E-state index in [4.69, 9.17) is 14.2 Å². The second-order valence-corrected chi connectivity index (χ2v) is 4.64. The van der Waals surface area contributed by atoms with Crippen molar-refractivity contribution in [2.75, 3.05) is 33.0 Å². The number of carbonyl (C=O) groups is 2. The Hall–Kier alpha value is -2.18. The van der Waals surface area contributed by atoms with Crippen LogP contribution in [0.3, 0.4) is 0 Å². The molecular formula is C16H22O6. The molecule has 0 aromatic heterocycles. The number of aliphatic hydroxyl groups excluding tert-OH is 1. The van der Waals surface area contributed by atoms with Crippen LogP contribution in [0.4, 0.5) is 0 Å². The summed E-state index contributed by atoms with van der Waals surface area (Å²) in [6, 6.07) is 0. The van der Waals surface area contributed by atoms with Gasteiger partial charge in [0.15, 0.2) is 0 Å². The number of aliphatic hydroxyl groups is 1. The van der Waals surface area contributed by atoms with E-state index >= 15 is 0 Å². The molecule has 0 fully saturated rings. The van der Waals surface area contributed by atoms with E-state index in [-0.39, 0.29) is 26.4 Å².